The van der Waals surface area contributed by atoms with E-state index in [4.69, 9.17) is 4.74 Å². The summed E-state index contributed by atoms with van der Waals surface area (Å²) in [6.45, 7) is 2.49. The Morgan fingerprint density at radius 2 is 1.89 bits per heavy atom. The molecule has 2 N–H and O–H groups in total. The van der Waals surface area contributed by atoms with E-state index in [2.05, 4.69) is 4.72 Å². The minimum absolute atomic E-state index is 0.102. The molecule has 0 aliphatic rings. The standard InChI is InChI=1S/C20H24N2O4S/c1-3-12-26-17-5-7-18(8-6-17)27(24,25)21-14-20(23)16-4-9-19-15(13-16)10-11-22(19)2/h4-11,13,20-21,23H,3,12,14H2,1-2H3. The molecule has 7 heteroatoms. The molecule has 0 spiro atoms. The average molecular weight is 388 g/mol. The Bertz CT molecular complexity index is 1010. The van der Waals surface area contributed by atoms with E-state index in [1.165, 1.54) is 12.1 Å². The van der Waals surface area contributed by atoms with Crippen LogP contribution >= 0.6 is 0 Å². The molecule has 1 atom stereocenters. The van der Waals surface area contributed by atoms with Gasteiger partial charge in [0, 0.05) is 25.3 Å². The van der Waals surface area contributed by atoms with Crippen molar-refractivity contribution in [1.82, 2.24) is 9.29 Å². The average Bonchev–Trinajstić information content (AvgIpc) is 3.05. The van der Waals surface area contributed by atoms with E-state index in [0.29, 0.717) is 17.9 Å². The van der Waals surface area contributed by atoms with Crippen molar-refractivity contribution < 1.29 is 18.3 Å². The van der Waals surface area contributed by atoms with E-state index >= 15 is 0 Å². The zero-order valence-electron chi connectivity index (χ0n) is 15.4. The lowest BCUT2D eigenvalue weighted by Crippen LogP contribution is -2.28. The number of nitrogens with one attached hydrogen (secondary N) is 1. The molecule has 1 aromatic heterocycles. The highest BCUT2D eigenvalue weighted by atomic mass is 32.2. The first kappa shape index (κ1) is 19.4. The summed E-state index contributed by atoms with van der Waals surface area (Å²) in [5.41, 5.74) is 1.72. The monoisotopic (exact) mass is 388 g/mol. The third kappa shape index (κ3) is 4.50. The van der Waals surface area contributed by atoms with Crippen molar-refractivity contribution in [2.45, 2.75) is 24.3 Å². The summed E-state index contributed by atoms with van der Waals surface area (Å²) in [7, 11) is -1.76. The molecule has 0 saturated heterocycles. The summed E-state index contributed by atoms with van der Waals surface area (Å²) in [5.74, 6) is 0.631. The number of fused-ring (bicyclic) bond motifs is 1. The molecule has 0 radical (unpaired) electrons. The van der Waals surface area contributed by atoms with Crippen molar-refractivity contribution in [3.63, 3.8) is 0 Å². The predicted molar refractivity (Wildman–Crippen MR) is 105 cm³/mol. The van der Waals surface area contributed by atoms with E-state index < -0.39 is 16.1 Å². The van der Waals surface area contributed by atoms with Crippen molar-refractivity contribution in [3.05, 3.63) is 60.3 Å². The van der Waals surface area contributed by atoms with Gasteiger partial charge in [0.1, 0.15) is 5.75 Å². The fraction of sp³-hybridized carbons (Fsp3) is 0.300. The van der Waals surface area contributed by atoms with Crippen LogP contribution in [0.4, 0.5) is 0 Å². The Kier molecular flexibility index (Phi) is 5.84. The van der Waals surface area contributed by atoms with Gasteiger partial charge in [0.2, 0.25) is 10.0 Å². The minimum Gasteiger partial charge on any atom is -0.494 e. The molecule has 0 aliphatic carbocycles. The van der Waals surface area contributed by atoms with Gasteiger partial charge in [-0.05, 0) is 59.8 Å². The van der Waals surface area contributed by atoms with Gasteiger partial charge < -0.3 is 14.4 Å². The van der Waals surface area contributed by atoms with E-state index in [0.717, 1.165) is 17.3 Å². The van der Waals surface area contributed by atoms with Crippen LogP contribution in [0.2, 0.25) is 0 Å². The zero-order valence-corrected chi connectivity index (χ0v) is 16.2. The number of nitrogens with zero attached hydrogens (tertiary/aromatic N) is 1. The molecule has 6 nitrogen and oxygen atoms in total. The number of sulfonamides is 1. The fourth-order valence-electron chi connectivity index (χ4n) is 2.83. The lowest BCUT2D eigenvalue weighted by Gasteiger charge is -2.13. The first-order valence-electron chi connectivity index (χ1n) is 8.86. The molecule has 0 fully saturated rings. The number of aryl methyl sites for hydroxylation is 1. The molecule has 3 rings (SSSR count). The summed E-state index contributed by atoms with van der Waals surface area (Å²) in [6, 6.07) is 13.8. The van der Waals surface area contributed by atoms with Crippen LogP contribution in [0.1, 0.15) is 25.0 Å². The maximum absolute atomic E-state index is 12.4. The summed E-state index contributed by atoms with van der Waals surface area (Å²) >= 11 is 0. The van der Waals surface area contributed by atoms with Gasteiger partial charge in [-0.3, -0.25) is 0 Å². The van der Waals surface area contributed by atoms with Gasteiger partial charge in [0.15, 0.2) is 0 Å². The first-order valence-corrected chi connectivity index (χ1v) is 10.3. The normalized spacial score (nSPS) is 13.0. The summed E-state index contributed by atoms with van der Waals surface area (Å²) in [6.07, 6.45) is 1.89. The number of aliphatic hydroxyl groups excluding tert-OH is 1. The van der Waals surface area contributed by atoms with E-state index in [9.17, 15) is 13.5 Å². The van der Waals surface area contributed by atoms with Crippen LogP contribution in [0.25, 0.3) is 10.9 Å². The van der Waals surface area contributed by atoms with Gasteiger partial charge >= 0.3 is 0 Å². The minimum atomic E-state index is -3.71. The Labute approximate surface area is 159 Å². The van der Waals surface area contributed by atoms with Gasteiger partial charge in [-0.1, -0.05) is 13.0 Å². The highest BCUT2D eigenvalue weighted by molar-refractivity contribution is 7.89. The predicted octanol–water partition coefficient (Wildman–Crippen LogP) is 2.98. The number of rotatable bonds is 8. The van der Waals surface area contributed by atoms with E-state index in [1.54, 1.807) is 18.2 Å². The molecule has 27 heavy (non-hydrogen) atoms. The summed E-state index contributed by atoms with van der Waals surface area (Å²) in [5, 5.41) is 11.4. The van der Waals surface area contributed by atoms with Crippen molar-refractivity contribution in [2.24, 2.45) is 7.05 Å². The molecule has 0 amide bonds. The van der Waals surface area contributed by atoms with Gasteiger partial charge in [-0.25, -0.2) is 13.1 Å². The lowest BCUT2D eigenvalue weighted by molar-refractivity contribution is 0.182. The van der Waals surface area contributed by atoms with Crippen LogP contribution in [0.15, 0.2) is 59.6 Å². The summed E-state index contributed by atoms with van der Waals surface area (Å²) in [4.78, 5) is 0.136. The van der Waals surface area contributed by atoms with Crippen molar-refractivity contribution >= 4 is 20.9 Å². The van der Waals surface area contributed by atoms with Gasteiger partial charge in [-0.2, -0.15) is 0 Å². The third-order valence-corrected chi connectivity index (χ3v) is 5.81. The topological polar surface area (TPSA) is 80.6 Å². The molecule has 2 aromatic carbocycles. The Hall–Kier alpha value is -2.35. The molecule has 0 saturated carbocycles. The molecule has 1 unspecified atom stereocenters. The zero-order chi connectivity index (χ0) is 19.4. The van der Waals surface area contributed by atoms with E-state index in [1.807, 2.05) is 42.9 Å². The maximum atomic E-state index is 12.4. The Morgan fingerprint density at radius 1 is 1.15 bits per heavy atom. The van der Waals surface area contributed by atoms with Crippen molar-refractivity contribution in [3.8, 4) is 5.75 Å². The first-order chi connectivity index (χ1) is 12.9. The second kappa shape index (κ2) is 8.12. The van der Waals surface area contributed by atoms with Crippen LogP contribution in [0, 0.1) is 0 Å². The molecule has 0 aliphatic heterocycles. The second-order valence-corrected chi connectivity index (χ2v) is 8.20. The highest BCUT2D eigenvalue weighted by Crippen LogP contribution is 2.21. The lowest BCUT2D eigenvalue weighted by atomic mass is 10.1. The maximum Gasteiger partial charge on any atom is 0.240 e. The van der Waals surface area contributed by atoms with Gasteiger partial charge in [-0.15, -0.1) is 0 Å². The fourth-order valence-corrected chi connectivity index (χ4v) is 3.87. The Balaban J connectivity index is 1.66. The van der Waals surface area contributed by atoms with Crippen molar-refractivity contribution in [1.29, 1.82) is 0 Å². The number of hydrogen-bond donors (Lipinski definition) is 2. The molecule has 144 valence electrons. The number of aromatic nitrogens is 1. The Morgan fingerprint density at radius 3 is 2.59 bits per heavy atom. The van der Waals surface area contributed by atoms with Crippen LogP contribution in [-0.4, -0.2) is 31.2 Å². The largest absolute Gasteiger partial charge is 0.494 e. The third-order valence-electron chi connectivity index (χ3n) is 4.37. The molecule has 1 heterocycles. The molecular weight excluding hydrogens is 364 g/mol. The van der Waals surface area contributed by atoms with Crippen LogP contribution in [0.5, 0.6) is 5.75 Å². The smallest absolute Gasteiger partial charge is 0.240 e. The van der Waals surface area contributed by atoms with Crippen molar-refractivity contribution in [2.75, 3.05) is 13.2 Å². The number of benzene rings is 2. The number of hydrogen-bond acceptors (Lipinski definition) is 4. The second-order valence-electron chi connectivity index (χ2n) is 6.43. The van der Waals surface area contributed by atoms with E-state index in [-0.39, 0.29) is 11.4 Å². The quantitative estimate of drug-likeness (QED) is 0.622. The van der Waals surface area contributed by atoms with Gasteiger partial charge in [0.05, 0.1) is 17.6 Å². The summed E-state index contributed by atoms with van der Waals surface area (Å²) < 4.78 is 34.8. The molecular formula is C20H24N2O4S. The van der Waals surface area contributed by atoms with Gasteiger partial charge in [0.25, 0.3) is 0 Å². The van der Waals surface area contributed by atoms with Crippen LogP contribution in [-0.2, 0) is 17.1 Å². The number of aliphatic hydroxyl groups is 1. The van der Waals surface area contributed by atoms with Crippen LogP contribution in [0.3, 0.4) is 0 Å². The molecule has 0 bridgehead atoms. The number of ether oxygens (including phenoxy) is 1. The SMILES string of the molecule is CCCOc1ccc(S(=O)(=O)NCC(O)c2ccc3c(ccn3C)c2)cc1. The van der Waals surface area contributed by atoms with Crippen LogP contribution < -0.4 is 9.46 Å². The highest BCUT2D eigenvalue weighted by Gasteiger charge is 2.17. The molecule has 3 aromatic rings.